The number of hydrogen-bond donors (Lipinski definition) is 0. The minimum atomic E-state index is -5.15. The number of pyridine rings is 1. The van der Waals surface area contributed by atoms with Gasteiger partial charge in [-0.1, -0.05) is 0 Å². The molecular formula is C11H10F5NO4. The first kappa shape index (κ1) is 16.9. The Morgan fingerprint density at radius 1 is 1.33 bits per heavy atom. The van der Waals surface area contributed by atoms with Gasteiger partial charge in [0.05, 0.1) is 20.6 Å². The van der Waals surface area contributed by atoms with E-state index in [9.17, 15) is 26.7 Å². The third-order valence-corrected chi connectivity index (χ3v) is 2.24. The van der Waals surface area contributed by atoms with Gasteiger partial charge in [0.25, 0.3) is 12.3 Å². The highest BCUT2D eigenvalue weighted by Crippen LogP contribution is 2.36. The van der Waals surface area contributed by atoms with Gasteiger partial charge in [-0.25, -0.2) is 13.8 Å². The normalized spacial score (nSPS) is 11.4. The van der Waals surface area contributed by atoms with E-state index in [1.165, 1.54) is 0 Å². The second-order valence-corrected chi connectivity index (χ2v) is 3.65. The van der Waals surface area contributed by atoms with Gasteiger partial charge in [0, 0.05) is 5.56 Å². The van der Waals surface area contributed by atoms with Gasteiger partial charge in [0.2, 0.25) is 0 Å². The maximum atomic E-state index is 12.7. The Balaban J connectivity index is 3.35. The van der Waals surface area contributed by atoms with Gasteiger partial charge in [-0.05, 0) is 6.07 Å². The number of carbonyl (C=O) groups is 1. The number of hydrogen-bond acceptors (Lipinski definition) is 5. The summed E-state index contributed by atoms with van der Waals surface area (Å²) in [4.78, 5) is 14.2. The zero-order valence-electron chi connectivity index (χ0n) is 10.8. The Morgan fingerprint density at radius 3 is 2.38 bits per heavy atom. The molecule has 0 bridgehead atoms. The largest absolute Gasteiger partial charge is 0.574 e. The van der Waals surface area contributed by atoms with E-state index in [-0.39, 0.29) is 5.56 Å². The van der Waals surface area contributed by atoms with E-state index < -0.39 is 42.5 Å². The lowest BCUT2D eigenvalue weighted by Crippen LogP contribution is -2.20. The Morgan fingerprint density at radius 2 is 1.95 bits per heavy atom. The molecule has 1 aromatic rings. The number of rotatable bonds is 5. The Bertz CT molecular complexity index is 518. The lowest BCUT2D eigenvalue weighted by Gasteiger charge is -2.15. The van der Waals surface area contributed by atoms with Crippen LogP contribution < -0.4 is 9.47 Å². The summed E-state index contributed by atoms with van der Waals surface area (Å²) in [6.07, 6.45) is -8.87. The van der Waals surface area contributed by atoms with Gasteiger partial charge >= 0.3 is 12.3 Å². The molecule has 0 aliphatic carbocycles. The van der Waals surface area contributed by atoms with Crippen molar-refractivity contribution in [3.8, 4) is 11.6 Å². The van der Waals surface area contributed by atoms with Crippen molar-refractivity contribution >= 4 is 5.97 Å². The number of aromatic nitrogens is 1. The van der Waals surface area contributed by atoms with Gasteiger partial charge in [0.1, 0.15) is 5.69 Å². The molecule has 0 aliphatic heterocycles. The van der Waals surface area contributed by atoms with Crippen molar-refractivity contribution in [2.75, 3.05) is 14.2 Å². The van der Waals surface area contributed by atoms with E-state index in [1.807, 2.05) is 0 Å². The fourth-order valence-corrected chi connectivity index (χ4v) is 1.45. The SMILES string of the molecule is COC(=O)Cc1cc(C(F)F)nc(OC(F)(F)F)c1OC. The molecule has 0 unspecified atom stereocenters. The van der Waals surface area contributed by atoms with E-state index in [4.69, 9.17) is 0 Å². The van der Waals surface area contributed by atoms with Crippen LogP contribution >= 0.6 is 0 Å². The maximum absolute atomic E-state index is 12.7. The molecule has 1 aromatic heterocycles. The van der Waals surface area contributed by atoms with E-state index in [0.717, 1.165) is 20.3 Å². The van der Waals surface area contributed by atoms with Crippen molar-refractivity contribution in [3.05, 3.63) is 17.3 Å². The second-order valence-electron chi connectivity index (χ2n) is 3.65. The van der Waals surface area contributed by atoms with E-state index in [0.29, 0.717) is 0 Å². The average Bonchev–Trinajstić information content (AvgIpc) is 2.36. The standard InChI is InChI=1S/C11H10F5NO4/c1-19-7(18)4-5-3-6(9(12)13)17-10(8(5)20-2)21-11(14,15)16/h3,9H,4H2,1-2H3. The number of nitrogens with zero attached hydrogens (tertiary/aromatic N) is 1. The first-order chi connectivity index (χ1) is 9.67. The topological polar surface area (TPSA) is 57.7 Å². The van der Waals surface area contributed by atoms with Gasteiger partial charge in [-0.3, -0.25) is 4.79 Å². The summed E-state index contributed by atoms with van der Waals surface area (Å²) in [6.45, 7) is 0. The summed E-state index contributed by atoms with van der Waals surface area (Å²) >= 11 is 0. The van der Waals surface area contributed by atoms with Crippen molar-refractivity contribution in [1.29, 1.82) is 0 Å². The summed E-state index contributed by atoms with van der Waals surface area (Å²) in [7, 11) is 2.03. The maximum Gasteiger partial charge on any atom is 0.574 e. The van der Waals surface area contributed by atoms with Crippen LogP contribution in [-0.4, -0.2) is 31.5 Å². The van der Waals surface area contributed by atoms with Crippen LogP contribution in [0.5, 0.6) is 11.6 Å². The molecule has 118 valence electrons. The minimum Gasteiger partial charge on any atom is -0.491 e. The molecule has 1 heterocycles. The monoisotopic (exact) mass is 315 g/mol. The van der Waals surface area contributed by atoms with Crippen LogP contribution in [0.1, 0.15) is 17.7 Å². The Labute approximate surface area is 115 Å². The zero-order valence-corrected chi connectivity index (χ0v) is 10.8. The lowest BCUT2D eigenvalue weighted by molar-refractivity contribution is -0.276. The Hall–Kier alpha value is -2.13. The first-order valence-electron chi connectivity index (χ1n) is 5.36. The number of esters is 1. The smallest absolute Gasteiger partial charge is 0.491 e. The molecule has 0 saturated carbocycles. The number of ether oxygens (including phenoxy) is 3. The number of methoxy groups -OCH3 is 2. The molecule has 0 fully saturated rings. The molecular weight excluding hydrogens is 305 g/mol. The molecule has 0 N–H and O–H groups in total. The predicted octanol–water partition coefficient (Wildman–Crippen LogP) is 2.64. The summed E-state index contributed by atoms with van der Waals surface area (Å²) in [5.74, 6) is -2.61. The summed E-state index contributed by atoms with van der Waals surface area (Å²) < 4.78 is 74.6. The molecule has 5 nitrogen and oxygen atoms in total. The zero-order chi connectivity index (χ0) is 16.2. The van der Waals surface area contributed by atoms with Crippen LogP contribution in [0.15, 0.2) is 6.07 Å². The molecule has 0 aliphatic rings. The molecule has 0 atom stereocenters. The number of alkyl halides is 5. The Kier molecular flexibility index (Phi) is 5.28. The van der Waals surface area contributed by atoms with Crippen LogP contribution in [0, 0.1) is 0 Å². The van der Waals surface area contributed by atoms with Crippen molar-refractivity contribution in [2.45, 2.75) is 19.2 Å². The lowest BCUT2D eigenvalue weighted by atomic mass is 10.1. The second kappa shape index (κ2) is 6.55. The predicted molar refractivity (Wildman–Crippen MR) is 58.1 cm³/mol. The fourth-order valence-electron chi connectivity index (χ4n) is 1.45. The average molecular weight is 315 g/mol. The summed E-state index contributed by atoms with van der Waals surface area (Å²) in [5.41, 5.74) is -1.23. The number of halogens is 5. The highest BCUT2D eigenvalue weighted by Gasteiger charge is 2.35. The van der Waals surface area contributed by atoms with Crippen LogP contribution in [0.4, 0.5) is 22.0 Å². The van der Waals surface area contributed by atoms with Crippen molar-refractivity contribution in [3.63, 3.8) is 0 Å². The van der Waals surface area contributed by atoms with Gasteiger partial charge < -0.3 is 14.2 Å². The third kappa shape index (κ3) is 4.72. The van der Waals surface area contributed by atoms with Crippen LogP contribution in [0.3, 0.4) is 0 Å². The third-order valence-electron chi connectivity index (χ3n) is 2.24. The van der Waals surface area contributed by atoms with E-state index in [1.54, 1.807) is 0 Å². The van der Waals surface area contributed by atoms with Gasteiger partial charge in [0.15, 0.2) is 5.75 Å². The fraction of sp³-hybridized carbons (Fsp3) is 0.455. The molecule has 21 heavy (non-hydrogen) atoms. The van der Waals surface area contributed by atoms with Gasteiger partial charge in [-0.15, -0.1) is 13.2 Å². The molecule has 0 spiro atoms. The van der Waals surface area contributed by atoms with Crippen LogP contribution in [0.2, 0.25) is 0 Å². The summed E-state index contributed by atoms with van der Waals surface area (Å²) in [6, 6.07) is 0.754. The molecule has 0 aromatic carbocycles. The van der Waals surface area contributed by atoms with Crippen molar-refractivity contribution < 1.29 is 41.0 Å². The molecule has 1 rings (SSSR count). The minimum absolute atomic E-state index is 0.256. The molecule has 0 amide bonds. The van der Waals surface area contributed by atoms with E-state index in [2.05, 4.69) is 19.2 Å². The highest BCUT2D eigenvalue weighted by molar-refractivity contribution is 5.74. The molecule has 10 heteroatoms. The van der Waals surface area contributed by atoms with Crippen molar-refractivity contribution in [1.82, 2.24) is 4.98 Å². The van der Waals surface area contributed by atoms with E-state index >= 15 is 0 Å². The number of carbonyl (C=O) groups excluding carboxylic acids is 1. The van der Waals surface area contributed by atoms with Gasteiger partial charge in [-0.2, -0.15) is 0 Å². The quantitative estimate of drug-likeness (QED) is 0.617. The highest BCUT2D eigenvalue weighted by atomic mass is 19.4. The first-order valence-corrected chi connectivity index (χ1v) is 5.36. The van der Waals surface area contributed by atoms with Crippen molar-refractivity contribution in [2.24, 2.45) is 0 Å². The molecule has 0 saturated heterocycles. The summed E-state index contributed by atoms with van der Waals surface area (Å²) in [5, 5.41) is 0. The molecule has 0 radical (unpaired) electrons. The van der Waals surface area contributed by atoms with Crippen LogP contribution in [-0.2, 0) is 16.0 Å². The van der Waals surface area contributed by atoms with Crippen LogP contribution in [0.25, 0.3) is 0 Å².